The maximum absolute atomic E-state index is 13.6. The Labute approximate surface area is 124 Å². The number of carbonyl (C=O) groups is 1. The van der Waals surface area contributed by atoms with Crippen molar-refractivity contribution in [2.45, 2.75) is 20.4 Å². The Bertz CT molecular complexity index is 866. The minimum absolute atomic E-state index is 0.111. The van der Waals surface area contributed by atoms with Crippen LogP contribution in [0.15, 0.2) is 23.0 Å². The summed E-state index contributed by atoms with van der Waals surface area (Å²) in [6.07, 6.45) is 0. The summed E-state index contributed by atoms with van der Waals surface area (Å²) >= 11 is 0. The van der Waals surface area contributed by atoms with Gasteiger partial charge in [-0.15, -0.1) is 0 Å². The molecule has 0 aliphatic rings. The molecule has 112 valence electrons. The molecule has 0 aliphatic carbocycles. The first-order valence-corrected chi connectivity index (χ1v) is 6.31. The lowest BCUT2D eigenvalue weighted by molar-refractivity contribution is 0.0961. The lowest BCUT2D eigenvalue weighted by atomic mass is 10.1. The molecule has 2 aromatic rings. The minimum atomic E-state index is -1.01. The number of benzene rings is 1. The number of aromatic nitrogens is 2. The Morgan fingerprint density at radius 2 is 2.05 bits per heavy atom. The standard InChI is InChI=1S/C15H11F2N3O2/c1-8-9(2)19-20(15(22)12(8)6-18)7-14(21)11-4-3-10(16)5-13(11)17/h3-5H,7H2,1-2H3. The molecule has 0 amide bonds. The molecule has 0 atom stereocenters. The van der Waals surface area contributed by atoms with E-state index in [0.29, 0.717) is 17.3 Å². The van der Waals surface area contributed by atoms with E-state index < -0.39 is 29.5 Å². The molecule has 0 unspecified atom stereocenters. The van der Waals surface area contributed by atoms with Crippen LogP contribution in [0.1, 0.15) is 27.2 Å². The number of rotatable bonds is 3. The van der Waals surface area contributed by atoms with Gasteiger partial charge in [0.25, 0.3) is 5.56 Å². The molecular weight excluding hydrogens is 292 g/mol. The number of halogens is 2. The molecule has 5 nitrogen and oxygen atoms in total. The fourth-order valence-electron chi connectivity index (χ4n) is 1.95. The highest BCUT2D eigenvalue weighted by molar-refractivity contribution is 5.96. The number of Topliss-reactive ketones (excluding diaryl/α,β-unsaturated/α-hetero) is 1. The summed E-state index contributed by atoms with van der Waals surface area (Å²) in [7, 11) is 0. The molecule has 0 saturated heterocycles. The summed E-state index contributed by atoms with van der Waals surface area (Å²) in [5, 5.41) is 12.9. The molecule has 1 heterocycles. The van der Waals surface area contributed by atoms with E-state index in [9.17, 15) is 18.4 Å². The van der Waals surface area contributed by atoms with E-state index >= 15 is 0 Å². The van der Waals surface area contributed by atoms with Gasteiger partial charge in [0.2, 0.25) is 0 Å². The van der Waals surface area contributed by atoms with Crippen LogP contribution in [0.5, 0.6) is 0 Å². The van der Waals surface area contributed by atoms with Gasteiger partial charge < -0.3 is 0 Å². The van der Waals surface area contributed by atoms with Crippen LogP contribution in [0, 0.1) is 36.8 Å². The van der Waals surface area contributed by atoms with Gasteiger partial charge in [-0.2, -0.15) is 10.4 Å². The van der Waals surface area contributed by atoms with Gasteiger partial charge in [-0.05, 0) is 31.5 Å². The minimum Gasteiger partial charge on any atom is -0.292 e. The summed E-state index contributed by atoms with van der Waals surface area (Å²) in [6, 6.07) is 4.31. The quantitative estimate of drug-likeness (QED) is 0.811. The average molecular weight is 303 g/mol. The fraction of sp³-hybridized carbons (Fsp3) is 0.200. The van der Waals surface area contributed by atoms with E-state index in [0.717, 1.165) is 16.8 Å². The van der Waals surface area contributed by atoms with Crippen LogP contribution in [-0.4, -0.2) is 15.6 Å². The van der Waals surface area contributed by atoms with Crippen LogP contribution < -0.4 is 5.56 Å². The van der Waals surface area contributed by atoms with Crippen molar-refractivity contribution in [1.29, 1.82) is 5.26 Å². The first-order valence-electron chi connectivity index (χ1n) is 6.31. The Balaban J connectivity index is 2.44. The topological polar surface area (TPSA) is 75.8 Å². The summed E-state index contributed by atoms with van der Waals surface area (Å²) in [4.78, 5) is 24.1. The van der Waals surface area contributed by atoms with Crippen molar-refractivity contribution in [2.75, 3.05) is 0 Å². The molecular formula is C15H11F2N3O2. The van der Waals surface area contributed by atoms with E-state index in [4.69, 9.17) is 5.26 Å². The van der Waals surface area contributed by atoms with Crippen LogP contribution in [0.3, 0.4) is 0 Å². The number of nitrogens with zero attached hydrogens (tertiary/aromatic N) is 3. The summed E-state index contributed by atoms with van der Waals surface area (Å²) in [6.45, 7) is 2.64. The maximum Gasteiger partial charge on any atom is 0.285 e. The summed E-state index contributed by atoms with van der Waals surface area (Å²) in [5.41, 5.74) is -0.319. The molecule has 7 heteroatoms. The van der Waals surface area contributed by atoms with E-state index in [1.54, 1.807) is 19.9 Å². The molecule has 0 spiro atoms. The molecule has 0 N–H and O–H groups in total. The van der Waals surface area contributed by atoms with E-state index in [1.165, 1.54) is 0 Å². The highest BCUT2D eigenvalue weighted by atomic mass is 19.1. The fourth-order valence-corrected chi connectivity index (χ4v) is 1.95. The Kier molecular flexibility index (Phi) is 4.13. The van der Waals surface area contributed by atoms with Crippen LogP contribution in [-0.2, 0) is 6.54 Å². The van der Waals surface area contributed by atoms with Gasteiger partial charge in [-0.25, -0.2) is 13.5 Å². The van der Waals surface area contributed by atoms with Gasteiger partial charge in [-0.1, -0.05) is 0 Å². The van der Waals surface area contributed by atoms with Gasteiger partial charge in [0, 0.05) is 6.07 Å². The predicted molar refractivity (Wildman–Crippen MR) is 73.4 cm³/mol. The number of hydrogen-bond donors (Lipinski definition) is 0. The zero-order valence-electron chi connectivity index (χ0n) is 11.9. The first kappa shape index (κ1) is 15.5. The number of carbonyl (C=O) groups excluding carboxylic acids is 1. The molecule has 2 rings (SSSR count). The number of nitriles is 1. The van der Waals surface area contributed by atoms with Crippen LogP contribution >= 0.6 is 0 Å². The highest BCUT2D eigenvalue weighted by Gasteiger charge is 2.17. The number of aryl methyl sites for hydroxylation is 1. The van der Waals surface area contributed by atoms with Gasteiger partial charge in [0.05, 0.1) is 11.3 Å². The Morgan fingerprint density at radius 3 is 2.64 bits per heavy atom. The summed E-state index contributed by atoms with van der Waals surface area (Å²) < 4.78 is 27.2. The number of hydrogen-bond acceptors (Lipinski definition) is 4. The van der Waals surface area contributed by atoms with Crippen molar-refractivity contribution in [3.05, 3.63) is 62.6 Å². The van der Waals surface area contributed by atoms with Gasteiger partial charge in [0.15, 0.2) is 5.78 Å². The normalized spacial score (nSPS) is 10.3. The highest BCUT2D eigenvalue weighted by Crippen LogP contribution is 2.11. The lowest BCUT2D eigenvalue weighted by Gasteiger charge is -2.09. The van der Waals surface area contributed by atoms with E-state index in [2.05, 4.69) is 5.10 Å². The molecule has 0 fully saturated rings. The third-order valence-electron chi connectivity index (χ3n) is 3.27. The second-order valence-corrected chi connectivity index (χ2v) is 4.71. The monoisotopic (exact) mass is 303 g/mol. The largest absolute Gasteiger partial charge is 0.292 e. The zero-order chi connectivity index (χ0) is 16.4. The molecule has 1 aromatic heterocycles. The smallest absolute Gasteiger partial charge is 0.285 e. The predicted octanol–water partition coefficient (Wildman–Crippen LogP) is 1.89. The zero-order valence-corrected chi connectivity index (χ0v) is 11.9. The lowest BCUT2D eigenvalue weighted by Crippen LogP contribution is -2.30. The SMILES string of the molecule is Cc1nn(CC(=O)c2ccc(F)cc2F)c(=O)c(C#N)c1C. The second kappa shape index (κ2) is 5.85. The van der Waals surface area contributed by atoms with Crippen LogP contribution in [0.2, 0.25) is 0 Å². The second-order valence-electron chi connectivity index (χ2n) is 4.71. The molecule has 22 heavy (non-hydrogen) atoms. The van der Waals surface area contributed by atoms with Crippen molar-refractivity contribution in [1.82, 2.24) is 9.78 Å². The summed E-state index contributed by atoms with van der Waals surface area (Å²) in [5.74, 6) is -2.55. The third-order valence-corrected chi connectivity index (χ3v) is 3.27. The third kappa shape index (κ3) is 2.76. The van der Waals surface area contributed by atoms with Crippen LogP contribution in [0.4, 0.5) is 8.78 Å². The average Bonchev–Trinajstić information content (AvgIpc) is 2.45. The maximum atomic E-state index is 13.6. The molecule has 0 bridgehead atoms. The molecule has 1 aromatic carbocycles. The van der Waals surface area contributed by atoms with Gasteiger partial charge in [0.1, 0.15) is 29.8 Å². The Morgan fingerprint density at radius 1 is 1.36 bits per heavy atom. The number of ketones is 1. The van der Waals surface area contributed by atoms with Crippen molar-refractivity contribution in [3.63, 3.8) is 0 Å². The van der Waals surface area contributed by atoms with Crippen molar-refractivity contribution in [2.24, 2.45) is 0 Å². The van der Waals surface area contributed by atoms with E-state index in [-0.39, 0.29) is 11.1 Å². The first-order chi connectivity index (χ1) is 10.3. The van der Waals surface area contributed by atoms with Gasteiger partial charge in [-0.3, -0.25) is 9.59 Å². The van der Waals surface area contributed by atoms with Crippen LogP contribution in [0.25, 0.3) is 0 Å². The molecule has 0 aliphatic heterocycles. The molecule has 0 saturated carbocycles. The van der Waals surface area contributed by atoms with E-state index in [1.807, 2.05) is 0 Å². The van der Waals surface area contributed by atoms with Crippen molar-refractivity contribution >= 4 is 5.78 Å². The van der Waals surface area contributed by atoms with Gasteiger partial charge >= 0.3 is 0 Å². The van der Waals surface area contributed by atoms with Crippen molar-refractivity contribution in [3.8, 4) is 6.07 Å². The molecule has 0 radical (unpaired) electrons. The Hall–Kier alpha value is -2.88. The van der Waals surface area contributed by atoms with Crippen molar-refractivity contribution < 1.29 is 13.6 Å².